The van der Waals surface area contributed by atoms with Crippen LogP contribution in [-0.4, -0.2) is 49.8 Å². The monoisotopic (exact) mass is 209 g/mol. The molecule has 0 amide bonds. The summed E-state index contributed by atoms with van der Waals surface area (Å²) in [5.41, 5.74) is 0. The van der Waals surface area contributed by atoms with Crippen LogP contribution in [0.1, 0.15) is 19.3 Å². The van der Waals surface area contributed by atoms with E-state index in [4.69, 9.17) is 10.00 Å². The van der Waals surface area contributed by atoms with Crippen LogP contribution in [0.4, 0.5) is 0 Å². The van der Waals surface area contributed by atoms with Crippen molar-refractivity contribution >= 4 is 0 Å². The molecule has 4 heteroatoms. The van der Waals surface area contributed by atoms with Crippen LogP contribution in [0.2, 0.25) is 0 Å². The van der Waals surface area contributed by atoms with Crippen LogP contribution in [0.15, 0.2) is 0 Å². The van der Waals surface area contributed by atoms with Crippen molar-refractivity contribution < 1.29 is 4.74 Å². The molecule has 4 nitrogen and oxygen atoms in total. The molecule has 1 heterocycles. The average molecular weight is 209 g/mol. The summed E-state index contributed by atoms with van der Waals surface area (Å²) in [4.78, 5) is 2.33. The van der Waals surface area contributed by atoms with Gasteiger partial charge in [-0.1, -0.05) is 0 Å². The number of nitrogens with one attached hydrogen (secondary N) is 1. The smallest absolute Gasteiger partial charge is 0.156 e. The Morgan fingerprint density at radius 3 is 3.07 bits per heavy atom. The molecule has 0 aromatic rings. The van der Waals surface area contributed by atoms with Crippen LogP contribution in [0, 0.1) is 11.3 Å². The maximum Gasteiger partial charge on any atom is 0.156 e. The van der Waals surface area contributed by atoms with Gasteiger partial charge < -0.3 is 10.1 Å². The molecule has 1 unspecified atom stereocenters. The molecule has 2 aliphatic rings. The number of hydrogen-bond donors (Lipinski definition) is 1. The molecule has 15 heavy (non-hydrogen) atoms. The molecule has 0 aromatic heterocycles. The van der Waals surface area contributed by atoms with E-state index in [0.29, 0.717) is 6.61 Å². The van der Waals surface area contributed by atoms with Gasteiger partial charge in [0.05, 0.1) is 12.7 Å². The van der Waals surface area contributed by atoms with Gasteiger partial charge in [-0.15, -0.1) is 0 Å². The van der Waals surface area contributed by atoms with E-state index in [0.717, 1.165) is 32.2 Å². The molecule has 0 bridgehead atoms. The van der Waals surface area contributed by atoms with E-state index in [-0.39, 0.29) is 6.10 Å². The second-order valence-electron chi connectivity index (χ2n) is 4.37. The van der Waals surface area contributed by atoms with Gasteiger partial charge in [-0.25, -0.2) is 0 Å². The summed E-state index contributed by atoms with van der Waals surface area (Å²) in [6.45, 7) is 4.65. The van der Waals surface area contributed by atoms with Crippen LogP contribution in [0.3, 0.4) is 0 Å². The van der Waals surface area contributed by atoms with E-state index >= 15 is 0 Å². The van der Waals surface area contributed by atoms with Crippen molar-refractivity contribution in [3.63, 3.8) is 0 Å². The molecule has 1 aliphatic heterocycles. The molecule has 1 aliphatic carbocycles. The van der Waals surface area contributed by atoms with Crippen molar-refractivity contribution in [1.82, 2.24) is 10.2 Å². The van der Waals surface area contributed by atoms with Crippen LogP contribution < -0.4 is 5.32 Å². The first kappa shape index (κ1) is 10.9. The summed E-state index contributed by atoms with van der Waals surface area (Å²) < 4.78 is 5.29. The van der Waals surface area contributed by atoms with Gasteiger partial charge >= 0.3 is 0 Å². The van der Waals surface area contributed by atoms with E-state index < -0.39 is 0 Å². The number of nitriles is 1. The predicted octanol–water partition coefficient (Wildman–Crippen LogP) is 0.353. The SMILES string of the molecule is N#CC1CN(CCCNC2CC2)CCO1. The molecule has 0 aromatic carbocycles. The van der Waals surface area contributed by atoms with Crippen LogP contribution in [0.25, 0.3) is 0 Å². The quantitative estimate of drug-likeness (QED) is 0.664. The third-order valence-electron chi connectivity index (χ3n) is 2.96. The molecular weight excluding hydrogens is 190 g/mol. The number of ether oxygens (including phenoxy) is 1. The van der Waals surface area contributed by atoms with Crippen molar-refractivity contribution in [2.45, 2.75) is 31.4 Å². The summed E-state index contributed by atoms with van der Waals surface area (Å²) in [5, 5.41) is 12.2. The van der Waals surface area contributed by atoms with Gasteiger partial charge in [0.2, 0.25) is 0 Å². The molecule has 1 saturated carbocycles. The van der Waals surface area contributed by atoms with E-state index in [1.807, 2.05) is 0 Å². The second kappa shape index (κ2) is 5.45. The fourth-order valence-corrected chi connectivity index (χ4v) is 1.88. The molecule has 0 radical (unpaired) electrons. The van der Waals surface area contributed by atoms with Crippen molar-refractivity contribution in [1.29, 1.82) is 5.26 Å². The van der Waals surface area contributed by atoms with Crippen molar-refractivity contribution in [3.05, 3.63) is 0 Å². The first-order valence-electron chi connectivity index (χ1n) is 5.85. The lowest BCUT2D eigenvalue weighted by atomic mass is 10.2. The number of rotatable bonds is 5. The van der Waals surface area contributed by atoms with Gasteiger partial charge in [0.15, 0.2) is 6.10 Å². The zero-order valence-corrected chi connectivity index (χ0v) is 9.11. The van der Waals surface area contributed by atoms with E-state index in [1.54, 1.807) is 0 Å². The zero-order valence-electron chi connectivity index (χ0n) is 9.11. The zero-order chi connectivity index (χ0) is 10.5. The maximum absolute atomic E-state index is 8.75. The molecule has 2 fully saturated rings. The molecular formula is C11H19N3O. The van der Waals surface area contributed by atoms with Gasteiger partial charge in [-0.05, 0) is 32.4 Å². The van der Waals surface area contributed by atoms with Gasteiger partial charge in [-0.3, -0.25) is 4.90 Å². The first-order valence-corrected chi connectivity index (χ1v) is 5.85. The predicted molar refractivity (Wildman–Crippen MR) is 57.4 cm³/mol. The summed E-state index contributed by atoms with van der Waals surface area (Å²) in [7, 11) is 0. The third-order valence-corrected chi connectivity index (χ3v) is 2.96. The number of hydrogen-bond acceptors (Lipinski definition) is 4. The standard InChI is InChI=1S/C11H19N3O/c12-8-11-9-14(6-7-15-11)5-1-4-13-10-2-3-10/h10-11,13H,1-7,9H2. The highest BCUT2D eigenvalue weighted by Crippen LogP contribution is 2.18. The average Bonchev–Trinajstić information content (AvgIpc) is 3.09. The molecule has 1 saturated heterocycles. The minimum Gasteiger partial charge on any atom is -0.361 e. The normalized spacial score (nSPS) is 27.5. The maximum atomic E-state index is 8.75. The lowest BCUT2D eigenvalue weighted by Crippen LogP contribution is -2.42. The largest absolute Gasteiger partial charge is 0.361 e. The topological polar surface area (TPSA) is 48.3 Å². The highest BCUT2D eigenvalue weighted by Gasteiger charge is 2.21. The fourth-order valence-electron chi connectivity index (χ4n) is 1.88. The second-order valence-corrected chi connectivity index (χ2v) is 4.37. The highest BCUT2D eigenvalue weighted by atomic mass is 16.5. The molecule has 84 valence electrons. The molecule has 2 rings (SSSR count). The Morgan fingerprint density at radius 2 is 2.33 bits per heavy atom. The van der Waals surface area contributed by atoms with Crippen molar-refractivity contribution in [2.75, 3.05) is 32.8 Å². The Bertz CT molecular complexity index is 234. The van der Waals surface area contributed by atoms with E-state index in [2.05, 4.69) is 16.3 Å². The minimum absolute atomic E-state index is 0.213. The van der Waals surface area contributed by atoms with Crippen LogP contribution >= 0.6 is 0 Å². The summed E-state index contributed by atoms with van der Waals surface area (Å²) in [6.07, 6.45) is 3.67. The minimum atomic E-state index is -0.213. The fraction of sp³-hybridized carbons (Fsp3) is 0.909. The summed E-state index contributed by atoms with van der Waals surface area (Å²) in [6, 6.07) is 2.98. The van der Waals surface area contributed by atoms with Crippen LogP contribution in [-0.2, 0) is 4.74 Å². The van der Waals surface area contributed by atoms with Gasteiger partial charge in [0.25, 0.3) is 0 Å². The Labute approximate surface area is 91.2 Å². The van der Waals surface area contributed by atoms with Gasteiger partial charge in [0, 0.05) is 19.1 Å². The molecule has 1 N–H and O–H groups in total. The highest BCUT2D eigenvalue weighted by molar-refractivity contribution is 4.89. The van der Waals surface area contributed by atoms with Crippen molar-refractivity contribution in [3.8, 4) is 6.07 Å². The first-order chi connectivity index (χ1) is 7.38. The van der Waals surface area contributed by atoms with Gasteiger partial charge in [0.1, 0.15) is 0 Å². The lowest BCUT2D eigenvalue weighted by Gasteiger charge is -2.29. The van der Waals surface area contributed by atoms with E-state index in [9.17, 15) is 0 Å². The summed E-state index contributed by atoms with van der Waals surface area (Å²) >= 11 is 0. The third kappa shape index (κ3) is 3.78. The van der Waals surface area contributed by atoms with Gasteiger partial charge in [-0.2, -0.15) is 5.26 Å². The molecule has 1 atom stereocenters. The Morgan fingerprint density at radius 1 is 1.47 bits per heavy atom. The Balaban J connectivity index is 1.55. The Kier molecular flexibility index (Phi) is 3.95. The van der Waals surface area contributed by atoms with Crippen molar-refractivity contribution in [2.24, 2.45) is 0 Å². The summed E-state index contributed by atoms with van der Waals surface area (Å²) in [5.74, 6) is 0. The number of nitrogens with zero attached hydrogens (tertiary/aromatic N) is 2. The lowest BCUT2D eigenvalue weighted by molar-refractivity contribution is 0.000290. The Hall–Kier alpha value is -0.630. The van der Waals surface area contributed by atoms with E-state index in [1.165, 1.54) is 19.3 Å². The van der Waals surface area contributed by atoms with Crippen LogP contribution in [0.5, 0.6) is 0 Å². The molecule has 0 spiro atoms. The number of morpholine rings is 1.